The molecule has 2 rings (SSSR count). The van der Waals surface area contributed by atoms with Crippen molar-refractivity contribution in [2.45, 2.75) is 31.6 Å². The fraction of sp³-hybridized carbons (Fsp3) is 0.235. The second-order valence-corrected chi connectivity index (χ2v) is 7.28. The Hall–Kier alpha value is -2.34. The van der Waals surface area contributed by atoms with Gasteiger partial charge in [-0.2, -0.15) is 0 Å². The van der Waals surface area contributed by atoms with Crippen molar-refractivity contribution in [3.63, 3.8) is 0 Å². The first kappa shape index (κ1) is 17.0. The average molecular weight is 332 g/mol. The molecule has 0 aromatic heterocycles. The number of aryl methyl sites for hydroxylation is 1. The lowest BCUT2D eigenvalue weighted by molar-refractivity contribution is 0.256. The van der Waals surface area contributed by atoms with Crippen molar-refractivity contribution in [3.8, 4) is 0 Å². The highest BCUT2D eigenvalue weighted by atomic mass is 32.2. The number of anilines is 1. The van der Waals surface area contributed by atoms with Gasteiger partial charge in [0.15, 0.2) is 0 Å². The van der Waals surface area contributed by atoms with Gasteiger partial charge >= 0.3 is 6.03 Å². The summed E-state index contributed by atoms with van der Waals surface area (Å²) >= 11 is 0. The Morgan fingerprint density at radius 2 is 1.70 bits per heavy atom. The highest BCUT2D eigenvalue weighted by Gasteiger charge is 2.17. The maximum atomic E-state index is 12.1. The molecule has 0 unspecified atom stereocenters. The highest BCUT2D eigenvalue weighted by molar-refractivity contribution is 7.90. The number of sulfonamides is 1. The van der Waals surface area contributed by atoms with Crippen LogP contribution in [0, 0.1) is 6.92 Å². The van der Waals surface area contributed by atoms with Gasteiger partial charge in [0.05, 0.1) is 4.90 Å². The van der Waals surface area contributed by atoms with Crippen molar-refractivity contribution in [3.05, 3.63) is 59.7 Å². The molecule has 0 atom stereocenters. The minimum atomic E-state index is -3.87. The number of hydrogen-bond acceptors (Lipinski definition) is 3. The molecule has 2 aromatic carbocycles. The van der Waals surface area contributed by atoms with Crippen LogP contribution in [-0.4, -0.2) is 14.4 Å². The van der Waals surface area contributed by atoms with E-state index in [0.29, 0.717) is 11.6 Å². The minimum Gasteiger partial charge on any atom is -0.307 e. The summed E-state index contributed by atoms with van der Waals surface area (Å²) in [5, 5.41) is 2.55. The van der Waals surface area contributed by atoms with E-state index in [2.05, 4.69) is 19.2 Å². The third kappa shape index (κ3) is 4.32. The second kappa shape index (κ2) is 6.83. The lowest BCUT2D eigenvalue weighted by atomic mass is 9.98. The molecule has 0 saturated heterocycles. The van der Waals surface area contributed by atoms with E-state index in [4.69, 9.17) is 0 Å². The lowest BCUT2D eigenvalue weighted by Crippen LogP contribution is -2.34. The molecule has 2 aromatic rings. The van der Waals surface area contributed by atoms with E-state index in [1.165, 1.54) is 17.7 Å². The summed E-state index contributed by atoms with van der Waals surface area (Å²) < 4.78 is 26.1. The van der Waals surface area contributed by atoms with Crippen molar-refractivity contribution in [1.29, 1.82) is 0 Å². The molecule has 23 heavy (non-hydrogen) atoms. The number of carbonyl (C=O) groups is 1. The van der Waals surface area contributed by atoms with Crippen molar-refractivity contribution in [2.24, 2.45) is 0 Å². The largest absolute Gasteiger partial charge is 0.333 e. The summed E-state index contributed by atoms with van der Waals surface area (Å²) in [5.74, 6) is 0.385. The molecular formula is C17H20N2O3S. The zero-order valence-electron chi connectivity index (χ0n) is 13.3. The van der Waals surface area contributed by atoms with Gasteiger partial charge in [-0.15, -0.1) is 0 Å². The zero-order valence-corrected chi connectivity index (χ0v) is 14.1. The van der Waals surface area contributed by atoms with Crippen molar-refractivity contribution < 1.29 is 13.2 Å². The van der Waals surface area contributed by atoms with E-state index in [9.17, 15) is 13.2 Å². The monoisotopic (exact) mass is 332 g/mol. The highest BCUT2D eigenvalue weighted by Crippen LogP contribution is 2.22. The number of nitrogens with one attached hydrogen (secondary N) is 2. The third-order valence-electron chi connectivity index (χ3n) is 3.43. The first-order valence-corrected chi connectivity index (χ1v) is 8.77. The Morgan fingerprint density at radius 1 is 1.04 bits per heavy atom. The molecule has 5 nitrogen and oxygen atoms in total. The number of urea groups is 1. The summed E-state index contributed by atoms with van der Waals surface area (Å²) in [6.45, 7) is 6.14. The topological polar surface area (TPSA) is 75.3 Å². The van der Waals surface area contributed by atoms with E-state index in [-0.39, 0.29) is 4.90 Å². The van der Waals surface area contributed by atoms with Crippen LogP contribution in [0.25, 0.3) is 0 Å². The summed E-state index contributed by atoms with van der Waals surface area (Å²) in [4.78, 5) is 12.0. The molecule has 2 amide bonds. The number of carbonyl (C=O) groups excluding carboxylic acids is 1. The zero-order chi connectivity index (χ0) is 17.0. The van der Waals surface area contributed by atoms with Gasteiger partial charge in [-0.1, -0.05) is 38.1 Å². The van der Waals surface area contributed by atoms with E-state index in [0.717, 1.165) is 5.56 Å². The molecule has 0 radical (unpaired) electrons. The maximum absolute atomic E-state index is 12.1. The third-order valence-corrected chi connectivity index (χ3v) is 4.78. The van der Waals surface area contributed by atoms with Gasteiger partial charge in [0, 0.05) is 5.69 Å². The van der Waals surface area contributed by atoms with Crippen LogP contribution in [0.15, 0.2) is 53.4 Å². The number of benzene rings is 2. The molecule has 0 bridgehead atoms. The number of rotatable bonds is 4. The minimum absolute atomic E-state index is 0.0430. The summed E-state index contributed by atoms with van der Waals surface area (Å²) in [6, 6.07) is 12.5. The SMILES string of the molecule is Cc1cc(NC(=O)NS(=O)(=O)c2ccccc2)ccc1C(C)C. The maximum Gasteiger partial charge on any atom is 0.333 e. The average Bonchev–Trinajstić information content (AvgIpc) is 2.47. The summed E-state index contributed by atoms with van der Waals surface area (Å²) in [6.07, 6.45) is 0. The van der Waals surface area contributed by atoms with Crippen LogP contribution >= 0.6 is 0 Å². The van der Waals surface area contributed by atoms with E-state index >= 15 is 0 Å². The van der Waals surface area contributed by atoms with Gasteiger partial charge < -0.3 is 5.32 Å². The normalized spacial score (nSPS) is 11.3. The number of hydrogen-bond donors (Lipinski definition) is 2. The van der Waals surface area contributed by atoms with Crippen LogP contribution in [0.4, 0.5) is 10.5 Å². The van der Waals surface area contributed by atoms with Gasteiger partial charge in [0.25, 0.3) is 10.0 Å². The van der Waals surface area contributed by atoms with Gasteiger partial charge in [0.1, 0.15) is 0 Å². The Balaban J connectivity index is 2.10. The first-order valence-electron chi connectivity index (χ1n) is 7.29. The second-order valence-electron chi connectivity index (χ2n) is 5.60. The van der Waals surface area contributed by atoms with Crippen LogP contribution in [0.5, 0.6) is 0 Å². The van der Waals surface area contributed by atoms with Gasteiger partial charge in [-0.25, -0.2) is 17.9 Å². The predicted octanol–water partition coefficient (Wildman–Crippen LogP) is 3.63. The Morgan fingerprint density at radius 3 is 2.26 bits per heavy atom. The van der Waals surface area contributed by atoms with Crippen LogP contribution in [-0.2, 0) is 10.0 Å². The fourth-order valence-electron chi connectivity index (χ4n) is 2.34. The summed E-state index contributed by atoms with van der Waals surface area (Å²) in [5.41, 5.74) is 2.78. The van der Waals surface area contributed by atoms with Gasteiger partial charge in [-0.3, -0.25) is 0 Å². The van der Waals surface area contributed by atoms with E-state index in [1.54, 1.807) is 24.3 Å². The first-order chi connectivity index (χ1) is 10.8. The van der Waals surface area contributed by atoms with Crippen LogP contribution < -0.4 is 10.0 Å². The molecule has 6 heteroatoms. The Kier molecular flexibility index (Phi) is 5.05. The standard InChI is InChI=1S/C17H20N2O3S/c1-12(2)16-10-9-14(11-13(16)3)18-17(20)19-23(21,22)15-7-5-4-6-8-15/h4-12H,1-3H3,(H2,18,19,20). The van der Waals surface area contributed by atoms with Crippen LogP contribution in [0.3, 0.4) is 0 Å². The molecule has 0 aliphatic rings. The van der Waals surface area contributed by atoms with E-state index in [1.807, 2.05) is 23.8 Å². The molecule has 0 aliphatic carbocycles. The van der Waals surface area contributed by atoms with Crippen molar-refractivity contribution in [1.82, 2.24) is 4.72 Å². The van der Waals surface area contributed by atoms with Crippen molar-refractivity contribution in [2.75, 3.05) is 5.32 Å². The van der Waals surface area contributed by atoms with Crippen LogP contribution in [0.1, 0.15) is 30.9 Å². The summed E-state index contributed by atoms with van der Waals surface area (Å²) in [7, 11) is -3.87. The molecule has 0 heterocycles. The van der Waals surface area contributed by atoms with Crippen molar-refractivity contribution >= 4 is 21.7 Å². The molecule has 2 N–H and O–H groups in total. The van der Waals surface area contributed by atoms with E-state index < -0.39 is 16.1 Å². The smallest absolute Gasteiger partial charge is 0.307 e. The quantitative estimate of drug-likeness (QED) is 0.898. The van der Waals surface area contributed by atoms with Gasteiger partial charge in [-0.05, 0) is 48.2 Å². The molecule has 0 aliphatic heterocycles. The fourth-order valence-corrected chi connectivity index (χ4v) is 3.27. The molecule has 0 saturated carbocycles. The Labute approximate surface area is 136 Å². The molecule has 0 spiro atoms. The molecule has 122 valence electrons. The number of amides is 2. The Bertz CT molecular complexity index is 800. The van der Waals surface area contributed by atoms with Gasteiger partial charge in [0.2, 0.25) is 0 Å². The molecule has 0 fully saturated rings. The van der Waals surface area contributed by atoms with Crippen LogP contribution in [0.2, 0.25) is 0 Å². The lowest BCUT2D eigenvalue weighted by Gasteiger charge is -2.13. The molecular weight excluding hydrogens is 312 g/mol. The predicted molar refractivity (Wildman–Crippen MR) is 91.1 cm³/mol.